The Balaban J connectivity index is 1.60. The summed E-state index contributed by atoms with van der Waals surface area (Å²) in [5, 5.41) is 11.9. The number of carbonyl (C=O) groups is 1. The quantitative estimate of drug-likeness (QED) is 0.285. The van der Waals surface area contributed by atoms with E-state index in [-0.39, 0.29) is 10.7 Å². The van der Waals surface area contributed by atoms with Crippen molar-refractivity contribution in [3.63, 3.8) is 0 Å². The van der Waals surface area contributed by atoms with E-state index in [0.717, 1.165) is 22.9 Å². The molecule has 0 aliphatic carbocycles. The molecule has 1 heterocycles. The van der Waals surface area contributed by atoms with Crippen molar-refractivity contribution in [3.05, 3.63) is 83.9 Å². The first kappa shape index (κ1) is 24.8. The maximum atomic E-state index is 12.9. The maximum absolute atomic E-state index is 12.9. The van der Waals surface area contributed by atoms with Gasteiger partial charge in [-0.1, -0.05) is 72.3 Å². The number of hydrogen-bond acceptors (Lipinski definition) is 5. The monoisotopic (exact) mass is 518 g/mol. The number of aliphatic hydroxyl groups is 1. The zero-order valence-corrected chi connectivity index (χ0v) is 19.7. The molecule has 0 saturated carbocycles. The largest absolute Gasteiger partial charge is 0.430 e. The molecule has 1 amide bonds. The Morgan fingerprint density at radius 3 is 2.17 bits per heavy atom. The lowest BCUT2D eigenvalue weighted by molar-refractivity contribution is -0.242. The van der Waals surface area contributed by atoms with Crippen LogP contribution in [-0.4, -0.2) is 27.8 Å². The standard InChI is InChI=1S/C25H18ClF3N2O3S/c1-24(33,25(27,28)29)22(32)30-19-13-12-17(14-18(19)26)35-23-31-20(15-8-4-2-5-9-15)21(34-23)16-10-6-3-7-11-16/h2-14,33H,1H3,(H,30,32). The van der Waals surface area contributed by atoms with Crippen LogP contribution < -0.4 is 5.32 Å². The van der Waals surface area contributed by atoms with Gasteiger partial charge in [0.05, 0.1) is 10.7 Å². The fraction of sp³-hybridized carbons (Fsp3) is 0.120. The van der Waals surface area contributed by atoms with Gasteiger partial charge in [-0.3, -0.25) is 4.79 Å². The van der Waals surface area contributed by atoms with E-state index >= 15 is 0 Å². The van der Waals surface area contributed by atoms with Crippen LogP contribution in [0.25, 0.3) is 22.6 Å². The predicted octanol–water partition coefficient (Wildman–Crippen LogP) is 7.07. The molecule has 3 aromatic carbocycles. The van der Waals surface area contributed by atoms with Gasteiger partial charge in [0, 0.05) is 16.0 Å². The number of aromatic nitrogens is 1. The molecule has 1 aromatic heterocycles. The number of rotatable bonds is 6. The smallest absolute Gasteiger partial charge is 0.426 e. The fourth-order valence-corrected chi connectivity index (χ4v) is 4.12. The Kier molecular flexibility index (Phi) is 6.93. The van der Waals surface area contributed by atoms with Crippen molar-refractivity contribution < 1.29 is 27.5 Å². The molecule has 0 bridgehead atoms. The Hall–Kier alpha value is -3.27. The number of nitrogens with zero attached hydrogens (tertiary/aromatic N) is 1. The van der Waals surface area contributed by atoms with E-state index in [4.69, 9.17) is 16.0 Å². The second-order valence-corrected chi connectivity index (χ2v) is 9.09. The van der Waals surface area contributed by atoms with Crippen LogP contribution >= 0.6 is 23.4 Å². The number of carbonyl (C=O) groups excluding carboxylic acids is 1. The second-order valence-electron chi connectivity index (χ2n) is 7.66. The molecule has 180 valence electrons. The summed E-state index contributed by atoms with van der Waals surface area (Å²) in [5.74, 6) is -1.05. The average molecular weight is 519 g/mol. The Bertz CT molecular complexity index is 1290. The number of halogens is 4. The van der Waals surface area contributed by atoms with Crippen molar-refractivity contribution >= 4 is 35.0 Å². The molecule has 0 fully saturated rings. The van der Waals surface area contributed by atoms with Crippen LogP contribution in [0.15, 0.2) is 93.4 Å². The molecule has 4 aromatic rings. The summed E-state index contributed by atoms with van der Waals surface area (Å²) < 4.78 is 44.8. The van der Waals surface area contributed by atoms with E-state index in [0.29, 0.717) is 28.5 Å². The predicted molar refractivity (Wildman–Crippen MR) is 128 cm³/mol. The molecule has 0 aliphatic heterocycles. The number of alkyl halides is 3. The highest BCUT2D eigenvalue weighted by molar-refractivity contribution is 7.99. The molecule has 10 heteroatoms. The maximum Gasteiger partial charge on any atom is 0.426 e. The topological polar surface area (TPSA) is 75.4 Å². The van der Waals surface area contributed by atoms with Gasteiger partial charge in [-0.05, 0) is 36.9 Å². The van der Waals surface area contributed by atoms with Gasteiger partial charge >= 0.3 is 6.18 Å². The number of benzene rings is 3. The summed E-state index contributed by atoms with van der Waals surface area (Å²) in [6, 6.07) is 23.4. The lowest BCUT2D eigenvalue weighted by atomic mass is 10.1. The van der Waals surface area contributed by atoms with E-state index in [1.54, 1.807) is 6.07 Å². The van der Waals surface area contributed by atoms with Crippen LogP contribution in [0.5, 0.6) is 0 Å². The summed E-state index contributed by atoms with van der Waals surface area (Å²) in [6.45, 7) is 0.373. The van der Waals surface area contributed by atoms with Gasteiger partial charge in [-0.15, -0.1) is 0 Å². The highest BCUT2D eigenvalue weighted by Crippen LogP contribution is 2.39. The summed E-state index contributed by atoms with van der Waals surface area (Å²) in [4.78, 5) is 17.2. The van der Waals surface area contributed by atoms with E-state index < -0.39 is 17.7 Å². The third-order valence-electron chi connectivity index (χ3n) is 5.08. The fourth-order valence-electron chi connectivity index (χ4n) is 3.06. The number of amides is 1. The number of nitrogens with one attached hydrogen (secondary N) is 1. The first-order valence-corrected chi connectivity index (χ1v) is 11.5. The van der Waals surface area contributed by atoms with Gasteiger partial charge in [0.15, 0.2) is 5.76 Å². The molecule has 1 atom stereocenters. The molecular weight excluding hydrogens is 501 g/mol. The molecule has 0 saturated heterocycles. The normalized spacial score (nSPS) is 13.3. The molecule has 4 rings (SSSR count). The number of hydrogen-bond donors (Lipinski definition) is 2. The van der Waals surface area contributed by atoms with Crippen molar-refractivity contribution in [1.82, 2.24) is 4.98 Å². The van der Waals surface area contributed by atoms with E-state index in [2.05, 4.69) is 4.98 Å². The minimum atomic E-state index is -5.14. The zero-order valence-electron chi connectivity index (χ0n) is 18.1. The molecule has 0 radical (unpaired) electrons. The van der Waals surface area contributed by atoms with Crippen molar-refractivity contribution in [3.8, 4) is 22.6 Å². The van der Waals surface area contributed by atoms with Gasteiger partial charge in [0.2, 0.25) is 5.60 Å². The highest BCUT2D eigenvalue weighted by Gasteiger charge is 2.55. The van der Waals surface area contributed by atoms with Crippen LogP contribution in [-0.2, 0) is 4.79 Å². The van der Waals surface area contributed by atoms with Crippen molar-refractivity contribution in [2.75, 3.05) is 5.32 Å². The number of oxazole rings is 1. The summed E-state index contributed by atoms with van der Waals surface area (Å²) >= 11 is 7.35. The van der Waals surface area contributed by atoms with Crippen LogP contribution in [0.4, 0.5) is 18.9 Å². The molecular formula is C25H18ClF3N2O3S. The highest BCUT2D eigenvalue weighted by atomic mass is 35.5. The lowest BCUT2D eigenvalue weighted by Gasteiger charge is -2.25. The third-order valence-corrected chi connectivity index (χ3v) is 6.23. The Morgan fingerprint density at radius 2 is 1.60 bits per heavy atom. The van der Waals surface area contributed by atoms with Gasteiger partial charge < -0.3 is 14.8 Å². The van der Waals surface area contributed by atoms with E-state index in [1.807, 2.05) is 66.0 Å². The van der Waals surface area contributed by atoms with E-state index in [1.165, 1.54) is 12.1 Å². The minimum Gasteiger partial charge on any atom is -0.430 e. The molecule has 5 nitrogen and oxygen atoms in total. The first-order valence-electron chi connectivity index (χ1n) is 10.3. The number of anilines is 1. The SMILES string of the molecule is CC(O)(C(=O)Nc1ccc(Sc2nc(-c3ccccc3)c(-c3ccccc3)o2)cc1Cl)C(F)(F)F. The zero-order chi connectivity index (χ0) is 25.2. The third kappa shape index (κ3) is 5.37. The Morgan fingerprint density at radius 1 is 1.00 bits per heavy atom. The van der Waals surface area contributed by atoms with Crippen LogP contribution in [0, 0.1) is 0 Å². The summed E-state index contributed by atoms with van der Waals surface area (Å²) in [6.07, 6.45) is -5.14. The Labute approximate surface area is 208 Å². The van der Waals surface area contributed by atoms with Crippen LogP contribution in [0.2, 0.25) is 5.02 Å². The van der Waals surface area contributed by atoms with Crippen molar-refractivity contribution in [1.29, 1.82) is 0 Å². The van der Waals surface area contributed by atoms with Crippen molar-refractivity contribution in [2.45, 2.75) is 28.8 Å². The molecule has 0 aliphatic rings. The van der Waals surface area contributed by atoms with Gasteiger partial charge in [-0.2, -0.15) is 13.2 Å². The molecule has 35 heavy (non-hydrogen) atoms. The second kappa shape index (κ2) is 9.77. The van der Waals surface area contributed by atoms with Gasteiger partial charge in [0.1, 0.15) is 5.69 Å². The van der Waals surface area contributed by atoms with Gasteiger partial charge in [0.25, 0.3) is 11.1 Å². The van der Waals surface area contributed by atoms with Crippen molar-refractivity contribution in [2.24, 2.45) is 0 Å². The average Bonchev–Trinajstić information content (AvgIpc) is 3.25. The minimum absolute atomic E-state index is 0.0144. The first-order chi connectivity index (χ1) is 16.6. The molecule has 0 spiro atoms. The summed E-state index contributed by atoms with van der Waals surface area (Å²) in [5.41, 5.74) is -1.27. The lowest BCUT2D eigenvalue weighted by Crippen LogP contribution is -2.52. The van der Waals surface area contributed by atoms with E-state index in [9.17, 15) is 23.1 Å². The molecule has 1 unspecified atom stereocenters. The molecule has 2 N–H and O–H groups in total. The summed E-state index contributed by atoms with van der Waals surface area (Å²) in [7, 11) is 0. The van der Waals surface area contributed by atoms with Crippen LogP contribution in [0.1, 0.15) is 6.92 Å². The van der Waals surface area contributed by atoms with Gasteiger partial charge in [-0.25, -0.2) is 4.98 Å². The van der Waals surface area contributed by atoms with Crippen LogP contribution in [0.3, 0.4) is 0 Å².